The molecule has 7 heteroatoms. The average molecular weight is 418 g/mol. The van der Waals surface area contributed by atoms with Crippen LogP contribution >= 0.6 is 0 Å². The van der Waals surface area contributed by atoms with Gasteiger partial charge in [-0.3, -0.25) is 9.69 Å². The minimum absolute atomic E-state index is 0.0963. The maximum Gasteiger partial charge on any atom is 0.255 e. The van der Waals surface area contributed by atoms with E-state index in [-0.39, 0.29) is 5.91 Å². The molecule has 0 radical (unpaired) electrons. The molecule has 0 spiro atoms. The molecule has 1 aromatic heterocycles. The Morgan fingerprint density at radius 2 is 1.68 bits per heavy atom. The van der Waals surface area contributed by atoms with Crippen LogP contribution in [0.3, 0.4) is 0 Å². The lowest BCUT2D eigenvalue weighted by molar-refractivity contribution is 0.0342. The van der Waals surface area contributed by atoms with Crippen LogP contribution in [0.2, 0.25) is 0 Å². The minimum atomic E-state index is -0.0963. The molecule has 0 saturated carbocycles. The number of nitrogens with one attached hydrogen (secondary N) is 1. The average Bonchev–Trinajstić information content (AvgIpc) is 3.41. The quantitative estimate of drug-likeness (QED) is 0.668. The molecule has 1 saturated heterocycles. The minimum Gasteiger partial charge on any atom is -0.379 e. The Morgan fingerprint density at radius 1 is 0.935 bits per heavy atom. The van der Waals surface area contributed by atoms with Crippen molar-refractivity contribution in [3.05, 3.63) is 76.9 Å². The van der Waals surface area contributed by atoms with Gasteiger partial charge in [0, 0.05) is 50.3 Å². The van der Waals surface area contributed by atoms with E-state index in [1.54, 1.807) is 0 Å². The number of nitrogens with zero attached hydrogens (tertiary/aromatic N) is 4. The number of hydrogen-bond donors (Lipinski definition) is 1. The van der Waals surface area contributed by atoms with Gasteiger partial charge in [0.2, 0.25) is 0 Å². The van der Waals surface area contributed by atoms with Gasteiger partial charge in [0.15, 0.2) is 0 Å². The Hall–Kier alpha value is -3.03. The third-order valence-corrected chi connectivity index (χ3v) is 5.99. The molecule has 160 valence electrons. The number of hydrogen-bond acceptors (Lipinski definition) is 5. The maximum atomic E-state index is 12.6. The number of benzene rings is 2. The van der Waals surface area contributed by atoms with Gasteiger partial charge in [-0.2, -0.15) is 0 Å². The highest BCUT2D eigenvalue weighted by atomic mass is 16.5. The predicted octanol–water partition coefficient (Wildman–Crippen LogP) is 2.90. The first-order valence-electron chi connectivity index (χ1n) is 10.9. The summed E-state index contributed by atoms with van der Waals surface area (Å²) < 4.78 is 7.61. The largest absolute Gasteiger partial charge is 0.379 e. The summed E-state index contributed by atoms with van der Waals surface area (Å²) in [4.78, 5) is 15.0. The van der Waals surface area contributed by atoms with E-state index in [9.17, 15) is 4.79 Å². The van der Waals surface area contributed by atoms with Gasteiger partial charge in [0.1, 0.15) is 11.6 Å². The lowest BCUT2D eigenvalue weighted by Crippen LogP contribution is -2.35. The molecule has 1 fully saturated rings. The Kier molecular flexibility index (Phi) is 5.78. The molecule has 5 rings (SSSR count). The molecule has 7 nitrogen and oxygen atoms in total. The molecular formula is C24H27N5O2. The number of fused-ring (bicyclic) bond motifs is 1. The highest BCUT2D eigenvalue weighted by molar-refractivity contribution is 6.04. The van der Waals surface area contributed by atoms with Gasteiger partial charge in [0.25, 0.3) is 5.91 Å². The number of ether oxygens (including phenoxy) is 1. The van der Waals surface area contributed by atoms with Gasteiger partial charge in [-0.15, -0.1) is 10.2 Å². The van der Waals surface area contributed by atoms with Gasteiger partial charge < -0.3 is 14.6 Å². The van der Waals surface area contributed by atoms with Crippen molar-refractivity contribution in [3.63, 3.8) is 0 Å². The fraction of sp³-hybridized carbons (Fsp3) is 0.375. The van der Waals surface area contributed by atoms with Crippen molar-refractivity contribution in [3.8, 4) is 0 Å². The molecule has 0 atom stereocenters. The molecule has 2 aliphatic rings. The summed E-state index contributed by atoms with van der Waals surface area (Å²) in [5, 5.41) is 11.6. The van der Waals surface area contributed by atoms with Crippen molar-refractivity contribution < 1.29 is 9.53 Å². The van der Waals surface area contributed by atoms with Gasteiger partial charge in [-0.25, -0.2) is 0 Å². The predicted molar refractivity (Wildman–Crippen MR) is 118 cm³/mol. The summed E-state index contributed by atoms with van der Waals surface area (Å²) in [5.74, 6) is 2.01. The molecule has 1 N–H and O–H groups in total. The van der Waals surface area contributed by atoms with Crippen molar-refractivity contribution in [1.82, 2.24) is 19.7 Å². The molecule has 0 unspecified atom stereocenters. The van der Waals surface area contributed by atoms with Gasteiger partial charge in [-0.1, -0.05) is 24.3 Å². The van der Waals surface area contributed by atoms with Crippen LogP contribution in [0.4, 0.5) is 5.69 Å². The van der Waals surface area contributed by atoms with E-state index in [1.807, 2.05) is 48.5 Å². The second kappa shape index (κ2) is 8.99. The monoisotopic (exact) mass is 417 g/mol. The topological polar surface area (TPSA) is 72.3 Å². The van der Waals surface area contributed by atoms with Crippen molar-refractivity contribution in [1.29, 1.82) is 0 Å². The third-order valence-electron chi connectivity index (χ3n) is 5.99. The first kappa shape index (κ1) is 19.9. The second-order valence-electron chi connectivity index (χ2n) is 8.20. The Labute approximate surface area is 182 Å². The third kappa shape index (κ3) is 4.68. The van der Waals surface area contributed by atoms with Gasteiger partial charge in [-0.05, 0) is 41.8 Å². The highest BCUT2D eigenvalue weighted by Gasteiger charge is 2.17. The number of aryl methyl sites for hydroxylation is 1. The molecule has 3 aromatic rings. The SMILES string of the molecule is O=C(Nc1ccc(Cc2nnc3n2CCC3)cc1)c1ccc(CN2CCOCC2)cc1. The molecular weight excluding hydrogens is 390 g/mol. The van der Waals surface area contributed by atoms with Crippen LogP contribution in [0.15, 0.2) is 48.5 Å². The number of morpholine rings is 1. The standard InChI is InChI=1S/C24H27N5O2/c30-24(20-7-3-19(4-8-20)17-28-12-14-31-15-13-28)25-21-9-5-18(6-10-21)16-23-27-26-22-2-1-11-29(22)23/h3-10H,1-2,11-17H2,(H,25,30). The normalized spacial score (nSPS) is 16.3. The van der Waals surface area contributed by atoms with Crippen LogP contribution in [0.1, 0.15) is 39.6 Å². The van der Waals surface area contributed by atoms with Crippen LogP contribution in [-0.4, -0.2) is 51.9 Å². The van der Waals surface area contributed by atoms with Crippen LogP contribution in [0, 0.1) is 0 Å². The van der Waals surface area contributed by atoms with Gasteiger partial charge in [0.05, 0.1) is 13.2 Å². The highest BCUT2D eigenvalue weighted by Crippen LogP contribution is 2.18. The second-order valence-corrected chi connectivity index (χ2v) is 8.20. The zero-order valence-electron chi connectivity index (χ0n) is 17.6. The van der Waals surface area contributed by atoms with E-state index < -0.39 is 0 Å². The van der Waals surface area contributed by atoms with Crippen molar-refractivity contribution >= 4 is 11.6 Å². The molecule has 1 amide bonds. The molecule has 0 aliphatic carbocycles. The Morgan fingerprint density at radius 3 is 2.45 bits per heavy atom. The first-order valence-corrected chi connectivity index (χ1v) is 10.9. The summed E-state index contributed by atoms with van der Waals surface area (Å²) >= 11 is 0. The number of anilines is 1. The maximum absolute atomic E-state index is 12.6. The number of carbonyl (C=O) groups is 1. The van der Waals surface area contributed by atoms with Crippen LogP contribution < -0.4 is 5.32 Å². The number of amides is 1. The van der Waals surface area contributed by atoms with Crippen molar-refractivity contribution in [2.45, 2.75) is 32.4 Å². The Bertz CT molecular complexity index is 1040. The zero-order chi connectivity index (χ0) is 21.0. The van der Waals surface area contributed by atoms with E-state index in [4.69, 9.17) is 4.74 Å². The van der Waals surface area contributed by atoms with E-state index in [2.05, 4.69) is 25.0 Å². The first-order chi connectivity index (χ1) is 15.2. The Balaban J connectivity index is 1.17. The molecule has 2 aromatic carbocycles. The van der Waals surface area contributed by atoms with Crippen molar-refractivity contribution in [2.24, 2.45) is 0 Å². The summed E-state index contributed by atoms with van der Waals surface area (Å²) in [6.45, 7) is 5.40. The molecule has 2 aliphatic heterocycles. The van der Waals surface area contributed by atoms with Crippen LogP contribution in [-0.2, 0) is 30.7 Å². The molecule has 3 heterocycles. The smallest absolute Gasteiger partial charge is 0.255 e. The summed E-state index contributed by atoms with van der Waals surface area (Å²) in [5.41, 5.74) is 3.82. The summed E-state index contributed by atoms with van der Waals surface area (Å²) in [7, 11) is 0. The number of carbonyl (C=O) groups excluding carboxylic acids is 1. The lowest BCUT2D eigenvalue weighted by Gasteiger charge is -2.26. The zero-order valence-corrected chi connectivity index (χ0v) is 17.6. The van der Waals surface area contributed by atoms with E-state index in [1.165, 1.54) is 5.56 Å². The van der Waals surface area contributed by atoms with Crippen LogP contribution in [0.25, 0.3) is 0 Å². The number of rotatable bonds is 6. The number of aromatic nitrogens is 3. The summed E-state index contributed by atoms with van der Waals surface area (Å²) in [6, 6.07) is 15.8. The van der Waals surface area contributed by atoms with E-state index >= 15 is 0 Å². The lowest BCUT2D eigenvalue weighted by atomic mass is 10.1. The molecule has 31 heavy (non-hydrogen) atoms. The van der Waals surface area contributed by atoms with Crippen molar-refractivity contribution in [2.75, 3.05) is 31.6 Å². The van der Waals surface area contributed by atoms with Crippen LogP contribution in [0.5, 0.6) is 0 Å². The fourth-order valence-corrected chi connectivity index (χ4v) is 4.21. The molecule has 0 bridgehead atoms. The van der Waals surface area contributed by atoms with Gasteiger partial charge >= 0.3 is 0 Å². The van der Waals surface area contributed by atoms with E-state index in [0.29, 0.717) is 5.56 Å². The summed E-state index contributed by atoms with van der Waals surface area (Å²) in [6.07, 6.45) is 2.93. The fourth-order valence-electron chi connectivity index (χ4n) is 4.21. The van der Waals surface area contributed by atoms with E-state index in [0.717, 1.165) is 81.6 Å².